The smallest absolute Gasteiger partial charge is 0.335 e. The summed E-state index contributed by atoms with van der Waals surface area (Å²) in [7, 11) is 0. The molecular formula is C14H11FO2. The van der Waals surface area contributed by atoms with Gasteiger partial charge in [-0.05, 0) is 41.8 Å². The van der Waals surface area contributed by atoms with Crippen molar-refractivity contribution in [2.24, 2.45) is 0 Å². The van der Waals surface area contributed by atoms with E-state index in [1.54, 1.807) is 25.1 Å². The molecule has 0 aromatic heterocycles. The zero-order chi connectivity index (χ0) is 12.4. The summed E-state index contributed by atoms with van der Waals surface area (Å²) in [5.74, 6) is -1.23. The lowest BCUT2D eigenvalue weighted by Crippen LogP contribution is -1.95. The van der Waals surface area contributed by atoms with Crippen LogP contribution in [0, 0.1) is 12.7 Å². The van der Waals surface area contributed by atoms with Crippen molar-refractivity contribution in [2.75, 3.05) is 0 Å². The highest BCUT2D eigenvalue weighted by Crippen LogP contribution is 2.22. The van der Waals surface area contributed by atoms with Crippen LogP contribution in [0.3, 0.4) is 0 Å². The van der Waals surface area contributed by atoms with E-state index in [1.165, 1.54) is 18.2 Å². The average molecular weight is 230 g/mol. The number of carbonyl (C=O) groups is 1. The summed E-state index contributed by atoms with van der Waals surface area (Å²) in [5, 5.41) is 8.77. The van der Waals surface area contributed by atoms with E-state index >= 15 is 0 Å². The molecule has 2 nitrogen and oxygen atoms in total. The summed E-state index contributed by atoms with van der Waals surface area (Å²) in [6.07, 6.45) is 0. The van der Waals surface area contributed by atoms with Crippen molar-refractivity contribution in [2.45, 2.75) is 6.92 Å². The van der Waals surface area contributed by atoms with Gasteiger partial charge in [-0.1, -0.05) is 24.3 Å². The molecule has 0 aliphatic heterocycles. The Bertz CT molecular complexity index is 559. The van der Waals surface area contributed by atoms with Gasteiger partial charge in [0.25, 0.3) is 0 Å². The Balaban J connectivity index is 2.39. The minimum atomic E-state index is -0.966. The Hall–Kier alpha value is -2.16. The van der Waals surface area contributed by atoms with Gasteiger partial charge < -0.3 is 5.11 Å². The van der Waals surface area contributed by atoms with Crippen LogP contribution in [0.25, 0.3) is 11.1 Å². The Morgan fingerprint density at radius 1 is 1.06 bits per heavy atom. The normalized spacial score (nSPS) is 10.2. The second-order valence-electron chi connectivity index (χ2n) is 3.85. The van der Waals surface area contributed by atoms with Gasteiger partial charge in [0.1, 0.15) is 5.82 Å². The number of aryl methyl sites for hydroxylation is 1. The Labute approximate surface area is 98.3 Å². The predicted molar refractivity (Wildman–Crippen MR) is 63.5 cm³/mol. The lowest BCUT2D eigenvalue weighted by molar-refractivity contribution is 0.0697. The van der Waals surface area contributed by atoms with E-state index in [9.17, 15) is 9.18 Å². The number of rotatable bonds is 2. The van der Waals surface area contributed by atoms with E-state index in [2.05, 4.69) is 0 Å². The highest BCUT2D eigenvalue weighted by Gasteiger charge is 2.04. The molecule has 0 fully saturated rings. The number of hydrogen-bond acceptors (Lipinski definition) is 1. The van der Waals surface area contributed by atoms with E-state index < -0.39 is 5.97 Å². The van der Waals surface area contributed by atoms with Crippen LogP contribution in [0.4, 0.5) is 4.39 Å². The van der Waals surface area contributed by atoms with Crippen LogP contribution in [-0.2, 0) is 0 Å². The summed E-state index contributed by atoms with van der Waals surface area (Å²) in [4.78, 5) is 10.7. The quantitative estimate of drug-likeness (QED) is 0.857. The second-order valence-corrected chi connectivity index (χ2v) is 3.85. The lowest BCUT2D eigenvalue weighted by atomic mass is 10.0. The van der Waals surface area contributed by atoms with Crippen molar-refractivity contribution < 1.29 is 14.3 Å². The SMILES string of the molecule is Cc1ccc(-c2ccc(C(=O)O)cc2)cc1F. The van der Waals surface area contributed by atoms with E-state index in [4.69, 9.17) is 5.11 Å². The van der Waals surface area contributed by atoms with Crippen molar-refractivity contribution in [3.63, 3.8) is 0 Å². The molecule has 17 heavy (non-hydrogen) atoms. The van der Waals surface area contributed by atoms with Gasteiger partial charge in [0.2, 0.25) is 0 Å². The van der Waals surface area contributed by atoms with Gasteiger partial charge in [0, 0.05) is 0 Å². The average Bonchev–Trinajstić information content (AvgIpc) is 2.33. The molecule has 2 aromatic carbocycles. The molecule has 2 rings (SSSR count). The number of aromatic carboxylic acids is 1. The Kier molecular flexibility index (Phi) is 2.91. The highest BCUT2D eigenvalue weighted by atomic mass is 19.1. The second kappa shape index (κ2) is 4.37. The van der Waals surface area contributed by atoms with Gasteiger partial charge in [0.15, 0.2) is 0 Å². The first-order chi connectivity index (χ1) is 8.08. The van der Waals surface area contributed by atoms with Crippen molar-refractivity contribution in [3.8, 4) is 11.1 Å². The largest absolute Gasteiger partial charge is 0.478 e. The number of halogens is 1. The molecule has 0 unspecified atom stereocenters. The zero-order valence-corrected chi connectivity index (χ0v) is 9.27. The van der Waals surface area contributed by atoms with Crippen molar-refractivity contribution in [1.29, 1.82) is 0 Å². The molecule has 0 amide bonds. The molecule has 0 atom stereocenters. The number of benzene rings is 2. The minimum absolute atomic E-state index is 0.223. The molecule has 0 aliphatic rings. The van der Waals surface area contributed by atoms with Crippen LogP contribution in [0.2, 0.25) is 0 Å². The van der Waals surface area contributed by atoms with E-state index in [1.807, 2.05) is 6.07 Å². The van der Waals surface area contributed by atoms with E-state index in [-0.39, 0.29) is 11.4 Å². The van der Waals surface area contributed by atoms with Crippen molar-refractivity contribution in [3.05, 3.63) is 59.4 Å². The van der Waals surface area contributed by atoms with Gasteiger partial charge >= 0.3 is 5.97 Å². The maximum absolute atomic E-state index is 13.4. The monoisotopic (exact) mass is 230 g/mol. The van der Waals surface area contributed by atoms with Crippen LogP contribution in [0.15, 0.2) is 42.5 Å². The lowest BCUT2D eigenvalue weighted by Gasteiger charge is -2.04. The number of carboxylic acids is 1. The summed E-state index contributed by atoms with van der Waals surface area (Å²) in [6.45, 7) is 1.70. The first-order valence-corrected chi connectivity index (χ1v) is 5.18. The van der Waals surface area contributed by atoms with Gasteiger partial charge in [-0.25, -0.2) is 9.18 Å². The number of carboxylic acid groups (broad SMARTS) is 1. The van der Waals surface area contributed by atoms with Crippen LogP contribution in [0.1, 0.15) is 15.9 Å². The third-order valence-electron chi connectivity index (χ3n) is 2.64. The number of hydrogen-bond donors (Lipinski definition) is 1. The first-order valence-electron chi connectivity index (χ1n) is 5.18. The van der Waals surface area contributed by atoms with Crippen molar-refractivity contribution in [1.82, 2.24) is 0 Å². The Morgan fingerprint density at radius 2 is 1.65 bits per heavy atom. The summed E-state index contributed by atoms with van der Waals surface area (Å²) >= 11 is 0. The van der Waals surface area contributed by atoms with Gasteiger partial charge in [0.05, 0.1) is 5.56 Å². The first kappa shape index (κ1) is 11.3. The molecular weight excluding hydrogens is 219 g/mol. The summed E-state index contributed by atoms with van der Waals surface area (Å²) in [6, 6.07) is 11.3. The zero-order valence-electron chi connectivity index (χ0n) is 9.27. The van der Waals surface area contributed by atoms with Gasteiger partial charge in [-0.2, -0.15) is 0 Å². The molecule has 0 heterocycles. The van der Waals surface area contributed by atoms with E-state index in [0.29, 0.717) is 5.56 Å². The molecule has 0 radical (unpaired) electrons. The Morgan fingerprint density at radius 3 is 2.18 bits per heavy atom. The fraction of sp³-hybridized carbons (Fsp3) is 0.0714. The molecule has 0 spiro atoms. The molecule has 0 aliphatic carbocycles. The molecule has 3 heteroatoms. The summed E-state index contributed by atoms with van der Waals surface area (Å²) < 4.78 is 13.4. The molecule has 0 saturated heterocycles. The van der Waals surface area contributed by atoms with Crippen LogP contribution >= 0.6 is 0 Å². The van der Waals surface area contributed by atoms with Gasteiger partial charge in [-0.15, -0.1) is 0 Å². The fourth-order valence-corrected chi connectivity index (χ4v) is 1.58. The molecule has 86 valence electrons. The summed E-state index contributed by atoms with van der Waals surface area (Å²) in [5.41, 5.74) is 2.36. The van der Waals surface area contributed by atoms with Crippen LogP contribution < -0.4 is 0 Å². The van der Waals surface area contributed by atoms with E-state index in [0.717, 1.165) is 11.1 Å². The van der Waals surface area contributed by atoms with Gasteiger partial charge in [-0.3, -0.25) is 0 Å². The molecule has 2 aromatic rings. The fourth-order valence-electron chi connectivity index (χ4n) is 1.58. The third-order valence-corrected chi connectivity index (χ3v) is 2.64. The predicted octanol–water partition coefficient (Wildman–Crippen LogP) is 3.50. The maximum Gasteiger partial charge on any atom is 0.335 e. The highest BCUT2D eigenvalue weighted by molar-refractivity contribution is 5.88. The molecule has 0 saturated carbocycles. The van der Waals surface area contributed by atoms with Crippen molar-refractivity contribution >= 4 is 5.97 Å². The van der Waals surface area contributed by atoms with Crippen LogP contribution in [-0.4, -0.2) is 11.1 Å². The standard InChI is InChI=1S/C14H11FO2/c1-9-2-3-12(8-13(9)15)10-4-6-11(7-5-10)14(16)17/h2-8H,1H3,(H,16,17). The van der Waals surface area contributed by atoms with Crippen LogP contribution in [0.5, 0.6) is 0 Å². The third kappa shape index (κ3) is 2.33. The molecule has 1 N–H and O–H groups in total. The molecule has 0 bridgehead atoms. The minimum Gasteiger partial charge on any atom is -0.478 e. The topological polar surface area (TPSA) is 37.3 Å². The maximum atomic E-state index is 13.4.